The lowest BCUT2D eigenvalue weighted by Crippen LogP contribution is -2.38. The topological polar surface area (TPSA) is 84.3 Å². The van der Waals surface area contributed by atoms with Gasteiger partial charge in [0.1, 0.15) is 5.82 Å². The van der Waals surface area contributed by atoms with E-state index < -0.39 is 15.9 Å². The van der Waals surface area contributed by atoms with E-state index >= 15 is 0 Å². The summed E-state index contributed by atoms with van der Waals surface area (Å²) in [6.45, 7) is 1.88. The molecular formula is C31H29ClN4O3S. The normalized spacial score (nSPS) is 11.7. The summed E-state index contributed by atoms with van der Waals surface area (Å²) in [6.07, 6.45) is 1.41. The Balaban J connectivity index is 1.44. The Morgan fingerprint density at radius 3 is 2.33 bits per heavy atom. The Hall–Kier alpha value is -3.98. The number of aromatic nitrogens is 2. The predicted molar refractivity (Wildman–Crippen MR) is 160 cm³/mol. The second-order valence-electron chi connectivity index (χ2n) is 9.42. The first kappa shape index (κ1) is 27.6. The Morgan fingerprint density at radius 2 is 1.60 bits per heavy atom. The molecule has 1 amide bonds. The van der Waals surface area contributed by atoms with Crippen molar-refractivity contribution in [3.63, 3.8) is 0 Å². The van der Waals surface area contributed by atoms with E-state index in [0.29, 0.717) is 28.6 Å². The zero-order chi connectivity index (χ0) is 28.1. The molecule has 0 saturated carbocycles. The highest BCUT2D eigenvalue weighted by molar-refractivity contribution is 7.89. The lowest BCUT2D eigenvalue weighted by Gasteiger charge is -2.22. The summed E-state index contributed by atoms with van der Waals surface area (Å²) in [5.74, 6) is -0.0417. The molecule has 0 radical (unpaired) electrons. The minimum atomic E-state index is -3.92. The molecule has 40 heavy (non-hydrogen) atoms. The van der Waals surface area contributed by atoms with Crippen molar-refractivity contribution in [3.05, 3.63) is 108 Å². The van der Waals surface area contributed by atoms with Crippen LogP contribution in [0.3, 0.4) is 0 Å². The van der Waals surface area contributed by atoms with Crippen LogP contribution in [0.4, 0.5) is 5.82 Å². The second-order valence-corrected chi connectivity index (χ2v) is 11.8. The number of halogens is 1. The fourth-order valence-corrected chi connectivity index (χ4v) is 6.03. The van der Waals surface area contributed by atoms with Crippen LogP contribution in [-0.4, -0.2) is 41.5 Å². The Bertz CT molecular complexity index is 1740. The number of sulfonamides is 1. The van der Waals surface area contributed by atoms with Gasteiger partial charge in [-0.25, -0.2) is 13.1 Å². The largest absolute Gasteiger partial charge is 0.309 e. The van der Waals surface area contributed by atoms with Crippen molar-refractivity contribution in [2.24, 2.45) is 0 Å². The van der Waals surface area contributed by atoms with Crippen molar-refractivity contribution in [2.75, 3.05) is 18.4 Å². The average Bonchev–Trinajstić information content (AvgIpc) is 3.39. The SMILES string of the molecule is CCCCN(CC(=O)Nc1cc(-c2ccccc2)nn1-c1ccc(Cl)cc1)S(=O)(=O)c1ccc2ccccc2c1. The van der Waals surface area contributed by atoms with Crippen molar-refractivity contribution < 1.29 is 13.2 Å². The molecule has 0 aliphatic heterocycles. The van der Waals surface area contributed by atoms with E-state index in [2.05, 4.69) is 5.32 Å². The molecule has 0 spiro atoms. The number of fused-ring (bicyclic) bond motifs is 1. The summed E-state index contributed by atoms with van der Waals surface area (Å²) in [6, 6.07) is 31.1. The average molecular weight is 573 g/mol. The minimum Gasteiger partial charge on any atom is -0.309 e. The fraction of sp³-hybridized carbons (Fsp3) is 0.161. The molecule has 0 saturated heterocycles. The van der Waals surface area contributed by atoms with Gasteiger partial charge in [0.25, 0.3) is 0 Å². The predicted octanol–water partition coefficient (Wildman–Crippen LogP) is 6.78. The van der Waals surface area contributed by atoms with Crippen LogP contribution >= 0.6 is 11.6 Å². The van der Waals surface area contributed by atoms with Crippen molar-refractivity contribution in [3.8, 4) is 16.9 Å². The number of nitrogens with one attached hydrogen (secondary N) is 1. The molecular weight excluding hydrogens is 544 g/mol. The molecule has 0 bridgehead atoms. The van der Waals surface area contributed by atoms with Gasteiger partial charge in [-0.05, 0) is 53.6 Å². The van der Waals surface area contributed by atoms with Gasteiger partial charge in [-0.3, -0.25) is 4.79 Å². The highest BCUT2D eigenvalue weighted by Crippen LogP contribution is 2.26. The minimum absolute atomic E-state index is 0.160. The quantitative estimate of drug-likeness (QED) is 0.200. The molecule has 1 aromatic heterocycles. The Kier molecular flexibility index (Phi) is 8.30. The molecule has 0 atom stereocenters. The van der Waals surface area contributed by atoms with Gasteiger partial charge >= 0.3 is 0 Å². The lowest BCUT2D eigenvalue weighted by molar-refractivity contribution is -0.116. The number of carbonyl (C=O) groups excluding carboxylic acids is 1. The van der Waals surface area contributed by atoms with Crippen LogP contribution in [-0.2, 0) is 14.8 Å². The fourth-order valence-electron chi connectivity index (χ4n) is 4.44. The van der Waals surface area contributed by atoms with E-state index in [1.165, 1.54) is 4.31 Å². The van der Waals surface area contributed by atoms with Gasteiger partial charge in [-0.15, -0.1) is 0 Å². The van der Waals surface area contributed by atoms with Crippen LogP contribution in [0, 0.1) is 0 Å². The number of nitrogens with zero attached hydrogens (tertiary/aromatic N) is 3. The molecule has 0 fully saturated rings. The van der Waals surface area contributed by atoms with Crippen molar-refractivity contribution >= 4 is 44.1 Å². The molecule has 0 aliphatic carbocycles. The highest BCUT2D eigenvalue weighted by Gasteiger charge is 2.27. The summed E-state index contributed by atoms with van der Waals surface area (Å²) >= 11 is 6.09. The number of benzene rings is 4. The van der Waals surface area contributed by atoms with Crippen LogP contribution in [0.15, 0.2) is 108 Å². The molecule has 5 rings (SSSR count). The summed E-state index contributed by atoms with van der Waals surface area (Å²) in [7, 11) is -3.92. The van der Waals surface area contributed by atoms with E-state index in [0.717, 1.165) is 22.8 Å². The molecule has 1 heterocycles. The van der Waals surface area contributed by atoms with Crippen LogP contribution in [0.1, 0.15) is 19.8 Å². The zero-order valence-corrected chi connectivity index (χ0v) is 23.6. The molecule has 4 aromatic carbocycles. The van der Waals surface area contributed by atoms with Gasteiger partial charge in [0.05, 0.1) is 22.8 Å². The third-order valence-corrected chi connectivity index (χ3v) is 8.65. The zero-order valence-electron chi connectivity index (χ0n) is 22.0. The summed E-state index contributed by atoms with van der Waals surface area (Å²) < 4.78 is 30.3. The third kappa shape index (κ3) is 6.09. The third-order valence-electron chi connectivity index (χ3n) is 6.56. The number of rotatable bonds is 10. The summed E-state index contributed by atoms with van der Waals surface area (Å²) in [5.41, 5.74) is 2.25. The first-order chi connectivity index (χ1) is 19.3. The van der Waals surface area contributed by atoms with E-state index in [1.807, 2.05) is 61.5 Å². The van der Waals surface area contributed by atoms with E-state index in [4.69, 9.17) is 16.7 Å². The molecule has 9 heteroatoms. The van der Waals surface area contributed by atoms with Crippen LogP contribution in [0.25, 0.3) is 27.7 Å². The molecule has 5 aromatic rings. The number of anilines is 1. The standard InChI is InChI=1S/C31H29ClN4O3S/c1-2-3-19-35(40(38,39)28-18-13-23-9-7-8-12-25(23)20-28)22-31(37)33-30-21-29(24-10-5-4-6-11-24)34-36(30)27-16-14-26(32)15-17-27/h4-18,20-21H,2-3,19,22H2,1H3,(H,33,37). The number of unbranched alkanes of at least 4 members (excludes halogenated alkanes) is 1. The maximum atomic E-state index is 13.7. The monoisotopic (exact) mass is 572 g/mol. The lowest BCUT2D eigenvalue weighted by atomic mass is 10.1. The second kappa shape index (κ2) is 12.0. The number of carbonyl (C=O) groups is 1. The van der Waals surface area contributed by atoms with Crippen LogP contribution < -0.4 is 5.32 Å². The first-order valence-electron chi connectivity index (χ1n) is 13.1. The van der Waals surface area contributed by atoms with Crippen molar-refractivity contribution in [2.45, 2.75) is 24.7 Å². The van der Waals surface area contributed by atoms with Gasteiger partial charge in [0.2, 0.25) is 15.9 Å². The molecule has 0 aliphatic rings. The van der Waals surface area contributed by atoms with Crippen molar-refractivity contribution in [1.82, 2.24) is 14.1 Å². The highest BCUT2D eigenvalue weighted by atomic mass is 35.5. The van der Waals surface area contributed by atoms with E-state index in [9.17, 15) is 13.2 Å². The number of hydrogen-bond donors (Lipinski definition) is 1. The van der Waals surface area contributed by atoms with Gasteiger partial charge in [0, 0.05) is 23.2 Å². The van der Waals surface area contributed by atoms with Gasteiger partial charge in [0.15, 0.2) is 0 Å². The van der Waals surface area contributed by atoms with Crippen molar-refractivity contribution in [1.29, 1.82) is 0 Å². The smallest absolute Gasteiger partial charge is 0.243 e. The Labute approximate surface area is 239 Å². The number of hydrogen-bond acceptors (Lipinski definition) is 4. The Morgan fingerprint density at radius 1 is 0.900 bits per heavy atom. The summed E-state index contributed by atoms with van der Waals surface area (Å²) in [5, 5.41) is 9.96. The molecule has 1 N–H and O–H groups in total. The maximum absolute atomic E-state index is 13.7. The molecule has 0 unspecified atom stereocenters. The van der Waals surface area contributed by atoms with Gasteiger partial charge < -0.3 is 5.32 Å². The molecule has 7 nitrogen and oxygen atoms in total. The number of amides is 1. The maximum Gasteiger partial charge on any atom is 0.243 e. The van der Waals surface area contributed by atoms with Gasteiger partial charge in [-0.2, -0.15) is 9.40 Å². The van der Waals surface area contributed by atoms with Gasteiger partial charge in [-0.1, -0.05) is 85.6 Å². The first-order valence-corrected chi connectivity index (χ1v) is 14.9. The van der Waals surface area contributed by atoms with Crippen LogP contribution in [0.5, 0.6) is 0 Å². The van der Waals surface area contributed by atoms with E-state index in [-0.39, 0.29) is 18.0 Å². The summed E-state index contributed by atoms with van der Waals surface area (Å²) in [4.78, 5) is 13.5. The van der Waals surface area contributed by atoms with E-state index in [1.54, 1.807) is 53.2 Å². The van der Waals surface area contributed by atoms with Crippen LogP contribution in [0.2, 0.25) is 5.02 Å². The molecule has 204 valence electrons.